The number of hydrogen-bond donors (Lipinski definition) is 1. The van der Waals surface area contributed by atoms with E-state index < -0.39 is 0 Å². The molecule has 4 rings (SSSR count). The van der Waals surface area contributed by atoms with Crippen molar-refractivity contribution >= 4 is 38.7 Å². The third-order valence-electron chi connectivity index (χ3n) is 4.25. The summed E-state index contributed by atoms with van der Waals surface area (Å²) in [5.74, 6) is 1.66. The van der Waals surface area contributed by atoms with Crippen molar-refractivity contribution in [1.29, 1.82) is 0 Å². The van der Waals surface area contributed by atoms with Crippen LogP contribution in [0.25, 0.3) is 20.9 Å². The Morgan fingerprint density at radius 3 is 2.68 bits per heavy atom. The van der Waals surface area contributed by atoms with Gasteiger partial charge < -0.3 is 5.32 Å². The van der Waals surface area contributed by atoms with Crippen LogP contribution in [-0.2, 0) is 0 Å². The smallest absolute Gasteiger partial charge is 0.173 e. The molecule has 0 aliphatic carbocycles. The van der Waals surface area contributed by atoms with E-state index in [1.165, 1.54) is 10.4 Å². The Bertz CT molecular complexity index is 1010. The lowest BCUT2D eigenvalue weighted by atomic mass is 10.1. The fourth-order valence-corrected chi connectivity index (χ4v) is 4.47. The second-order valence-electron chi connectivity index (χ2n) is 5.96. The summed E-state index contributed by atoms with van der Waals surface area (Å²) >= 11 is 3.38. The van der Waals surface area contributed by atoms with Crippen molar-refractivity contribution in [2.45, 2.75) is 26.8 Å². The monoisotopic (exact) mass is 366 g/mol. The molecule has 25 heavy (non-hydrogen) atoms. The predicted octanol–water partition coefficient (Wildman–Crippen LogP) is 5.60. The molecular weight excluding hydrogens is 348 g/mol. The van der Waals surface area contributed by atoms with Crippen molar-refractivity contribution in [2.75, 3.05) is 5.32 Å². The molecule has 0 aliphatic heterocycles. The SMILES string of the molecule is Cc1sc2nc(-c3cccs3)nc(N[C@H](C)c3ccccn3)c2c1C. The van der Waals surface area contributed by atoms with Gasteiger partial charge in [0.25, 0.3) is 0 Å². The standard InChI is InChI=1S/C19H18N4S2/c1-11-13(3)25-19-16(11)18(21-12(2)14-7-4-5-9-20-14)22-17(23-19)15-8-6-10-24-15/h4-10,12H,1-3H3,(H,21,22,23)/t12-/m1/s1. The van der Waals surface area contributed by atoms with Gasteiger partial charge in [0.05, 0.1) is 22.0 Å². The van der Waals surface area contributed by atoms with E-state index in [0.29, 0.717) is 0 Å². The lowest BCUT2D eigenvalue weighted by Crippen LogP contribution is -2.10. The summed E-state index contributed by atoms with van der Waals surface area (Å²) in [6.45, 7) is 6.38. The number of rotatable bonds is 4. The zero-order chi connectivity index (χ0) is 17.4. The van der Waals surface area contributed by atoms with Crippen molar-refractivity contribution in [3.05, 3.63) is 58.0 Å². The van der Waals surface area contributed by atoms with E-state index in [9.17, 15) is 0 Å². The molecule has 0 radical (unpaired) electrons. The van der Waals surface area contributed by atoms with Crippen LogP contribution in [0.4, 0.5) is 5.82 Å². The molecule has 0 spiro atoms. The minimum absolute atomic E-state index is 0.0649. The Morgan fingerprint density at radius 2 is 1.96 bits per heavy atom. The van der Waals surface area contributed by atoms with Crippen LogP contribution in [0, 0.1) is 13.8 Å². The molecule has 0 aromatic carbocycles. The van der Waals surface area contributed by atoms with Crippen LogP contribution in [0.2, 0.25) is 0 Å². The van der Waals surface area contributed by atoms with E-state index in [0.717, 1.165) is 32.4 Å². The molecule has 6 heteroatoms. The number of aromatic nitrogens is 3. The number of hydrogen-bond acceptors (Lipinski definition) is 6. The molecule has 0 aliphatic rings. The fraction of sp³-hybridized carbons (Fsp3) is 0.211. The second-order valence-corrected chi connectivity index (χ2v) is 8.11. The average molecular weight is 367 g/mol. The molecule has 0 saturated heterocycles. The number of nitrogens with zero attached hydrogens (tertiary/aromatic N) is 3. The summed E-state index contributed by atoms with van der Waals surface area (Å²) < 4.78 is 0. The highest BCUT2D eigenvalue weighted by atomic mass is 32.1. The summed E-state index contributed by atoms with van der Waals surface area (Å²) in [4.78, 5) is 17.5. The summed E-state index contributed by atoms with van der Waals surface area (Å²) in [7, 11) is 0. The molecule has 4 aromatic rings. The van der Waals surface area contributed by atoms with Crippen LogP contribution in [0.1, 0.15) is 29.1 Å². The third kappa shape index (κ3) is 3.03. The molecule has 4 nitrogen and oxygen atoms in total. The van der Waals surface area contributed by atoms with Gasteiger partial charge in [-0.15, -0.1) is 22.7 Å². The van der Waals surface area contributed by atoms with Gasteiger partial charge >= 0.3 is 0 Å². The first kappa shape index (κ1) is 16.2. The van der Waals surface area contributed by atoms with Gasteiger partial charge in [-0.2, -0.15) is 0 Å². The number of aryl methyl sites for hydroxylation is 2. The largest absolute Gasteiger partial charge is 0.361 e. The topological polar surface area (TPSA) is 50.7 Å². The Kier molecular flexibility index (Phi) is 4.23. The summed E-state index contributed by atoms with van der Waals surface area (Å²) in [5, 5.41) is 6.72. The van der Waals surface area contributed by atoms with Crippen molar-refractivity contribution in [3.63, 3.8) is 0 Å². The summed E-state index contributed by atoms with van der Waals surface area (Å²) in [5.41, 5.74) is 2.24. The van der Waals surface area contributed by atoms with E-state index in [4.69, 9.17) is 9.97 Å². The molecular formula is C19H18N4S2. The van der Waals surface area contributed by atoms with E-state index in [1.54, 1.807) is 22.7 Å². The van der Waals surface area contributed by atoms with E-state index in [1.807, 2.05) is 30.5 Å². The molecule has 4 aromatic heterocycles. The first-order chi connectivity index (χ1) is 12.1. The van der Waals surface area contributed by atoms with Crippen LogP contribution in [0.5, 0.6) is 0 Å². The first-order valence-electron chi connectivity index (χ1n) is 8.12. The van der Waals surface area contributed by atoms with Crippen molar-refractivity contribution in [2.24, 2.45) is 0 Å². The maximum absolute atomic E-state index is 4.85. The minimum Gasteiger partial charge on any atom is -0.361 e. The number of fused-ring (bicyclic) bond motifs is 1. The molecule has 0 bridgehead atoms. The highest BCUT2D eigenvalue weighted by Crippen LogP contribution is 2.36. The zero-order valence-corrected chi connectivity index (χ0v) is 15.9. The highest BCUT2D eigenvalue weighted by Gasteiger charge is 2.18. The Balaban J connectivity index is 1.83. The predicted molar refractivity (Wildman–Crippen MR) is 106 cm³/mol. The highest BCUT2D eigenvalue weighted by molar-refractivity contribution is 7.19. The first-order valence-corrected chi connectivity index (χ1v) is 9.82. The molecule has 126 valence electrons. The molecule has 0 unspecified atom stereocenters. The average Bonchev–Trinajstić information content (AvgIpc) is 3.25. The summed E-state index contributed by atoms with van der Waals surface area (Å²) in [6.07, 6.45) is 1.82. The van der Waals surface area contributed by atoms with Gasteiger partial charge in [0.15, 0.2) is 5.82 Å². The van der Waals surface area contributed by atoms with Gasteiger partial charge in [0.2, 0.25) is 0 Å². The van der Waals surface area contributed by atoms with Gasteiger partial charge in [0, 0.05) is 11.1 Å². The zero-order valence-electron chi connectivity index (χ0n) is 14.3. The van der Waals surface area contributed by atoms with Crippen LogP contribution < -0.4 is 5.32 Å². The number of thiophene rings is 2. The number of nitrogens with one attached hydrogen (secondary N) is 1. The van der Waals surface area contributed by atoms with Crippen LogP contribution in [0.15, 0.2) is 41.9 Å². The maximum Gasteiger partial charge on any atom is 0.173 e. The Morgan fingerprint density at radius 1 is 1.08 bits per heavy atom. The summed E-state index contributed by atoms with van der Waals surface area (Å²) in [6, 6.07) is 10.1. The molecule has 1 atom stereocenters. The van der Waals surface area contributed by atoms with Crippen LogP contribution in [0.3, 0.4) is 0 Å². The van der Waals surface area contributed by atoms with Gasteiger partial charge in [-0.05, 0) is 49.9 Å². The van der Waals surface area contributed by atoms with E-state index in [2.05, 4.69) is 42.5 Å². The van der Waals surface area contributed by atoms with Crippen molar-refractivity contribution < 1.29 is 0 Å². The van der Waals surface area contributed by atoms with Crippen molar-refractivity contribution in [1.82, 2.24) is 15.0 Å². The molecule has 0 amide bonds. The Labute approximate surface area is 154 Å². The lowest BCUT2D eigenvalue weighted by Gasteiger charge is -2.15. The molecule has 1 N–H and O–H groups in total. The molecule has 0 fully saturated rings. The normalized spacial score (nSPS) is 12.4. The Hall–Kier alpha value is -2.31. The second kappa shape index (κ2) is 6.54. The van der Waals surface area contributed by atoms with Crippen LogP contribution in [-0.4, -0.2) is 15.0 Å². The van der Waals surface area contributed by atoms with Gasteiger partial charge in [-0.3, -0.25) is 4.98 Å². The number of anilines is 1. The van der Waals surface area contributed by atoms with E-state index in [-0.39, 0.29) is 6.04 Å². The van der Waals surface area contributed by atoms with Gasteiger partial charge in [0.1, 0.15) is 10.6 Å². The van der Waals surface area contributed by atoms with E-state index >= 15 is 0 Å². The van der Waals surface area contributed by atoms with Crippen molar-refractivity contribution in [3.8, 4) is 10.7 Å². The number of pyridine rings is 1. The third-order valence-corrected chi connectivity index (χ3v) is 6.22. The van der Waals surface area contributed by atoms with Gasteiger partial charge in [-0.25, -0.2) is 9.97 Å². The van der Waals surface area contributed by atoms with Crippen LogP contribution >= 0.6 is 22.7 Å². The lowest BCUT2D eigenvalue weighted by molar-refractivity contribution is 0.833. The maximum atomic E-state index is 4.85. The minimum atomic E-state index is 0.0649. The fourth-order valence-electron chi connectivity index (χ4n) is 2.78. The molecule has 4 heterocycles. The molecule has 0 saturated carbocycles. The van der Waals surface area contributed by atoms with Gasteiger partial charge in [-0.1, -0.05) is 12.1 Å². The quantitative estimate of drug-likeness (QED) is 0.510.